The van der Waals surface area contributed by atoms with E-state index in [2.05, 4.69) is 10.3 Å². The Balaban J connectivity index is 2.05. The van der Waals surface area contributed by atoms with Crippen molar-refractivity contribution in [3.63, 3.8) is 0 Å². The quantitative estimate of drug-likeness (QED) is 0.845. The first-order valence-electron chi connectivity index (χ1n) is 6.96. The van der Waals surface area contributed by atoms with Crippen LogP contribution in [0.2, 0.25) is 0 Å². The number of carbonyl (C=O) groups is 2. The van der Waals surface area contributed by atoms with E-state index in [1.165, 1.54) is 0 Å². The van der Waals surface area contributed by atoms with E-state index >= 15 is 0 Å². The average Bonchev–Trinajstić information content (AvgIpc) is 2.79. The molecule has 0 spiro atoms. The molecule has 2 aromatic rings. The molecule has 0 bridgehead atoms. The molecular weight excluding hydrogens is 270 g/mol. The summed E-state index contributed by atoms with van der Waals surface area (Å²) in [5.41, 5.74) is 2.50. The fourth-order valence-electron chi connectivity index (χ4n) is 2.18. The molecule has 2 rings (SSSR count). The monoisotopic (exact) mass is 289 g/mol. The van der Waals surface area contributed by atoms with E-state index in [-0.39, 0.29) is 12.3 Å². The highest BCUT2D eigenvalue weighted by Crippen LogP contribution is 2.08. The summed E-state index contributed by atoms with van der Waals surface area (Å²) in [4.78, 5) is 27.3. The highest BCUT2D eigenvalue weighted by atomic mass is 16.4. The summed E-state index contributed by atoms with van der Waals surface area (Å²) in [6.45, 7) is 3.86. The number of fused-ring (bicyclic) bond motifs is 1. The van der Waals surface area contributed by atoms with Crippen LogP contribution in [0.4, 0.5) is 0 Å². The second-order valence-corrected chi connectivity index (χ2v) is 5.13. The van der Waals surface area contributed by atoms with Gasteiger partial charge in [-0.1, -0.05) is 13.3 Å². The predicted octanol–water partition coefficient (Wildman–Crippen LogP) is 1.55. The van der Waals surface area contributed by atoms with Crippen molar-refractivity contribution >= 4 is 17.5 Å². The van der Waals surface area contributed by atoms with Crippen molar-refractivity contribution in [3.8, 4) is 0 Å². The first-order valence-corrected chi connectivity index (χ1v) is 6.96. The molecule has 2 N–H and O–H groups in total. The number of carboxylic acid groups (broad SMARTS) is 1. The first-order chi connectivity index (χ1) is 9.99. The van der Waals surface area contributed by atoms with Crippen molar-refractivity contribution in [2.45, 2.75) is 39.2 Å². The Morgan fingerprint density at radius 1 is 1.48 bits per heavy atom. The van der Waals surface area contributed by atoms with Gasteiger partial charge in [0.2, 0.25) is 5.91 Å². The number of nitrogens with zero attached hydrogens (tertiary/aromatic N) is 2. The number of nitrogens with one attached hydrogen (secondary N) is 1. The minimum atomic E-state index is -1.00. The van der Waals surface area contributed by atoms with Gasteiger partial charge in [-0.2, -0.15) is 0 Å². The Bertz CT molecular complexity index is 663. The van der Waals surface area contributed by atoms with Gasteiger partial charge in [0.25, 0.3) is 0 Å². The van der Waals surface area contributed by atoms with E-state index < -0.39 is 12.0 Å². The number of pyridine rings is 1. The SMILES string of the molecule is CCCC(NC(=O)Cc1cn2ccc(C)cc2n1)C(=O)O. The van der Waals surface area contributed by atoms with Crippen LogP contribution in [0.1, 0.15) is 31.0 Å². The number of aromatic nitrogens is 2. The molecule has 1 unspecified atom stereocenters. The molecule has 6 heteroatoms. The summed E-state index contributed by atoms with van der Waals surface area (Å²) in [6.07, 6.45) is 4.87. The molecule has 0 aromatic carbocycles. The summed E-state index contributed by atoms with van der Waals surface area (Å²) < 4.78 is 1.84. The second kappa shape index (κ2) is 6.39. The molecule has 6 nitrogen and oxygen atoms in total. The number of carbonyl (C=O) groups excluding carboxylic acids is 1. The van der Waals surface area contributed by atoms with Crippen LogP contribution < -0.4 is 5.32 Å². The largest absolute Gasteiger partial charge is 0.480 e. The molecule has 0 aliphatic carbocycles. The van der Waals surface area contributed by atoms with E-state index in [1.54, 1.807) is 6.20 Å². The van der Waals surface area contributed by atoms with E-state index in [9.17, 15) is 9.59 Å². The lowest BCUT2D eigenvalue weighted by Gasteiger charge is -2.12. The Morgan fingerprint density at radius 3 is 2.90 bits per heavy atom. The van der Waals surface area contributed by atoms with Crippen molar-refractivity contribution < 1.29 is 14.7 Å². The number of hydrogen-bond donors (Lipinski definition) is 2. The minimum Gasteiger partial charge on any atom is -0.480 e. The summed E-state index contributed by atoms with van der Waals surface area (Å²) in [5, 5.41) is 11.6. The highest BCUT2D eigenvalue weighted by Gasteiger charge is 2.19. The molecule has 0 aliphatic rings. The van der Waals surface area contributed by atoms with Crippen LogP contribution in [-0.2, 0) is 16.0 Å². The Hall–Kier alpha value is -2.37. The van der Waals surface area contributed by atoms with Crippen LogP contribution in [0.15, 0.2) is 24.5 Å². The molecule has 2 heterocycles. The standard InChI is InChI=1S/C15H19N3O3/c1-3-4-12(15(20)21)17-14(19)8-11-9-18-6-5-10(2)7-13(18)16-11/h5-7,9,12H,3-4,8H2,1-2H3,(H,17,19)(H,20,21). The number of carboxylic acids is 1. The van der Waals surface area contributed by atoms with Crippen molar-refractivity contribution in [1.29, 1.82) is 0 Å². The second-order valence-electron chi connectivity index (χ2n) is 5.13. The lowest BCUT2D eigenvalue weighted by molar-refractivity contribution is -0.141. The smallest absolute Gasteiger partial charge is 0.326 e. The zero-order chi connectivity index (χ0) is 15.4. The van der Waals surface area contributed by atoms with Crippen molar-refractivity contribution in [2.75, 3.05) is 0 Å². The molecule has 112 valence electrons. The van der Waals surface area contributed by atoms with Gasteiger partial charge in [-0.3, -0.25) is 4.79 Å². The molecular formula is C15H19N3O3. The summed E-state index contributed by atoms with van der Waals surface area (Å²) >= 11 is 0. The van der Waals surface area contributed by atoms with E-state index in [0.717, 1.165) is 11.2 Å². The third kappa shape index (κ3) is 3.81. The topological polar surface area (TPSA) is 83.7 Å². The lowest BCUT2D eigenvalue weighted by atomic mass is 10.1. The number of rotatable bonds is 6. The van der Waals surface area contributed by atoms with Gasteiger partial charge in [0.05, 0.1) is 12.1 Å². The molecule has 1 atom stereocenters. The van der Waals surface area contributed by atoms with E-state index in [0.29, 0.717) is 18.5 Å². The molecule has 21 heavy (non-hydrogen) atoms. The molecule has 1 amide bonds. The van der Waals surface area contributed by atoms with Gasteiger partial charge < -0.3 is 14.8 Å². The zero-order valence-electron chi connectivity index (χ0n) is 12.2. The fourth-order valence-corrected chi connectivity index (χ4v) is 2.18. The minimum absolute atomic E-state index is 0.0776. The van der Waals surface area contributed by atoms with Crippen LogP contribution in [-0.4, -0.2) is 32.4 Å². The fraction of sp³-hybridized carbons (Fsp3) is 0.400. The molecule has 0 radical (unpaired) electrons. The summed E-state index contributed by atoms with van der Waals surface area (Å²) in [6, 6.07) is 3.06. The normalized spacial score (nSPS) is 12.3. The van der Waals surface area contributed by atoms with Crippen molar-refractivity contribution in [3.05, 3.63) is 35.8 Å². The van der Waals surface area contributed by atoms with Gasteiger partial charge in [-0.15, -0.1) is 0 Å². The molecule has 0 aliphatic heterocycles. The van der Waals surface area contributed by atoms with Crippen LogP contribution in [0.25, 0.3) is 5.65 Å². The maximum atomic E-state index is 11.9. The van der Waals surface area contributed by atoms with Gasteiger partial charge in [-0.25, -0.2) is 9.78 Å². The third-order valence-electron chi connectivity index (χ3n) is 3.22. The maximum Gasteiger partial charge on any atom is 0.326 e. The summed E-state index contributed by atoms with van der Waals surface area (Å²) in [5.74, 6) is -1.33. The molecule has 0 saturated carbocycles. The third-order valence-corrected chi connectivity index (χ3v) is 3.22. The van der Waals surface area contributed by atoms with Gasteiger partial charge >= 0.3 is 5.97 Å². The number of aliphatic carboxylic acids is 1. The maximum absolute atomic E-state index is 11.9. The Labute approximate surface area is 122 Å². The molecule has 0 saturated heterocycles. The van der Waals surface area contributed by atoms with Gasteiger partial charge in [0, 0.05) is 12.4 Å². The van der Waals surface area contributed by atoms with E-state index in [4.69, 9.17) is 5.11 Å². The van der Waals surface area contributed by atoms with Crippen LogP contribution in [0, 0.1) is 6.92 Å². The molecule has 0 fully saturated rings. The van der Waals surface area contributed by atoms with Crippen molar-refractivity contribution in [2.24, 2.45) is 0 Å². The number of aryl methyl sites for hydroxylation is 1. The predicted molar refractivity (Wildman–Crippen MR) is 78.1 cm³/mol. The van der Waals surface area contributed by atoms with Gasteiger partial charge in [0.1, 0.15) is 11.7 Å². The Kier molecular flexibility index (Phi) is 4.57. The van der Waals surface area contributed by atoms with Crippen LogP contribution in [0.5, 0.6) is 0 Å². The molecule has 2 aromatic heterocycles. The Morgan fingerprint density at radius 2 is 2.24 bits per heavy atom. The van der Waals surface area contributed by atoms with Crippen LogP contribution in [0.3, 0.4) is 0 Å². The van der Waals surface area contributed by atoms with Gasteiger partial charge in [-0.05, 0) is 31.0 Å². The van der Waals surface area contributed by atoms with Crippen molar-refractivity contribution in [1.82, 2.24) is 14.7 Å². The number of hydrogen-bond acceptors (Lipinski definition) is 3. The number of imidazole rings is 1. The van der Waals surface area contributed by atoms with Gasteiger partial charge in [0.15, 0.2) is 0 Å². The highest BCUT2D eigenvalue weighted by molar-refractivity contribution is 5.84. The zero-order valence-corrected chi connectivity index (χ0v) is 12.2. The van der Waals surface area contributed by atoms with Crippen LogP contribution >= 0.6 is 0 Å². The summed E-state index contributed by atoms with van der Waals surface area (Å²) in [7, 11) is 0. The lowest BCUT2D eigenvalue weighted by Crippen LogP contribution is -2.41. The first kappa shape index (κ1) is 15.0. The number of amides is 1. The average molecular weight is 289 g/mol. The van der Waals surface area contributed by atoms with E-state index in [1.807, 2.05) is 36.6 Å².